The number of fused-ring (bicyclic) bond motifs is 1. The normalized spacial score (nSPS) is 14.6. The molecule has 0 aliphatic carbocycles. The van der Waals surface area contributed by atoms with Gasteiger partial charge in [0.1, 0.15) is 0 Å². The van der Waals surface area contributed by atoms with E-state index >= 15 is 0 Å². The minimum Gasteiger partial charge on any atom is -0.345 e. The van der Waals surface area contributed by atoms with E-state index in [0.29, 0.717) is 5.82 Å². The molecular weight excluding hydrogens is 242 g/mol. The Morgan fingerprint density at radius 3 is 2.74 bits per heavy atom. The van der Waals surface area contributed by atoms with Crippen molar-refractivity contribution in [1.82, 2.24) is 19.9 Å². The predicted octanol–water partition coefficient (Wildman–Crippen LogP) is 0.890. The van der Waals surface area contributed by atoms with Gasteiger partial charge in [0.25, 0.3) is 0 Å². The second-order valence-electron chi connectivity index (χ2n) is 4.99. The number of nitrogens with two attached hydrogens (primary N) is 1. The Hall–Kier alpha value is -1.95. The molecule has 0 bridgehead atoms. The van der Waals surface area contributed by atoms with E-state index in [0.717, 1.165) is 5.65 Å². The number of hydrogen-bond acceptors (Lipinski definition) is 4. The van der Waals surface area contributed by atoms with Crippen molar-refractivity contribution in [2.75, 3.05) is 0 Å². The third kappa shape index (κ3) is 2.73. The number of amides is 1. The Morgan fingerprint density at radius 2 is 2.05 bits per heavy atom. The molecule has 0 aromatic carbocycles. The van der Waals surface area contributed by atoms with Crippen molar-refractivity contribution in [3.63, 3.8) is 0 Å². The number of pyridine rings is 1. The van der Waals surface area contributed by atoms with Gasteiger partial charge in [-0.2, -0.15) is 0 Å². The summed E-state index contributed by atoms with van der Waals surface area (Å²) in [6.45, 7) is 5.71. The van der Waals surface area contributed by atoms with Crippen LogP contribution in [0.3, 0.4) is 0 Å². The van der Waals surface area contributed by atoms with Crippen LogP contribution in [0.5, 0.6) is 0 Å². The van der Waals surface area contributed by atoms with Crippen molar-refractivity contribution >= 4 is 11.6 Å². The number of rotatable bonds is 4. The van der Waals surface area contributed by atoms with Crippen LogP contribution in [0.25, 0.3) is 5.65 Å². The van der Waals surface area contributed by atoms with Gasteiger partial charge in [-0.1, -0.05) is 19.9 Å². The zero-order chi connectivity index (χ0) is 14.0. The third-order valence-corrected chi connectivity index (χ3v) is 3.11. The fourth-order valence-electron chi connectivity index (χ4n) is 1.83. The Morgan fingerprint density at radius 1 is 1.32 bits per heavy atom. The maximum Gasteiger partial charge on any atom is 0.237 e. The van der Waals surface area contributed by atoms with E-state index in [2.05, 4.69) is 15.5 Å². The van der Waals surface area contributed by atoms with E-state index in [1.165, 1.54) is 0 Å². The highest BCUT2D eigenvalue weighted by Gasteiger charge is 2.21. The molecule has 2 rings (SSSR count). The summed E-state index contributed by atoms with van der Waals surface area (Å²) in [6, 6.07) is 4.90. The highest BCUT2D eigenvalue weighted by atomic mass is 16.2. The van der Waals surface area contributed by atoms with E-state index in [1.54, 1.807) is 0 Å². The Kier molecular flexibility index (Phi) is 3.80. The van der Waals surface area contributed by atoms with Gasteiger partial charge >= 0.3 is 0 Å². The molecule has 0 spiro atoms. The van der Waals surface area contributed by atoms with Crippen LogP contribution < -0.4 is 11.1 Å². The Labute approximate surface area is 112 Å². The van der Waals surface area contributed by atoms with Crippen LogP contribution in [0.1, 0.15) is 32.6 Å². The lowest BCUT2D eigenvalue weighted by molar-refractivity contribution is -0.123. The summed E-state index contributed by atoms with van der Waals surface area (Å²) in [7, 11) is 0. The van der Waals surface area contributed by atoms with E-state index in [9.17, 15) is 4.79 Å². The molecule has 2 aromatic heterocycles. The van der Waals surface area contributed by atoms with Crippen LogP contribution in [-0.4, -0.2) is 26.5 Å². The van der Waals surface area contributed by atoms with Crippen molar-refractivity contribution in [3.8, 4) is 0 Å². The topological polar surface area (TPSA) is 85.3 Å². The monoisotopic (exact) mass is 261 g/mol. The van der Waals surface area contributed by atoms with Gasteiger partial charge in [-0.3, -0.25) is 9.20 Å². The first-order valence-electron chi connectivity index (χ1n) is 6.36. The first-order chi connectivity index (χ1) is 9.00. The van der Waals surface area contributed by atoms with Gasteiger partial charge in [-0.25, -0.2) is 0 Å². The zero-order valence-corrected chi connectivity index (χ0v) is 11.4. The van der Waals surface area contributed by atoms with Gasteiger partial charge in [0, 0.05) is 6.20 Å². The highest BCUT2D eigenvalue weighted by Crippen LogP contribution is 2.12. The summed E-state index contributed by atoms with van der Waals surface area (Å²) in [6.07, 6.45) is 1.87. The molecule has 19 heavy (non-hydrogen) atoms. The predicted molar refractivity (Wildman–Crippen MR) is 72.4 cm³/mol. The van der Waals surface area contributed by atoms with Gasteiger partial charge in [-0.05, 0) is 25.0 Å². The molecule has 0 saturated heterocycles. The fourth-order valence-corrected chi connectivity index (χ4v) is 1.83. The molecule has 0 aliphatic heterocycles. The lowest BCUT2D eigenvalue weighted by atomic mass is 10.0. The summed E-state index contributed by atoms with van der Waals surface area (Å²) in [5, 5.41) is 11.0. The largest absolute Gasteiger partial charge is 0.345 e. The molecule has 2 aromatic rings. The van der Waals surface area contributed by atoms with Gasteiger partial charge in [-0.15, -0.1) is 10.2 Å². The third-order valence-electron chi connectivity index (χ3n) is 3.11. The minimum absolute atomic E-state index is 0.0994. The number of nitrogens with zero attached hydrogens (tertiary/aromatic N) is 3. The molecule has 3 N–H and O–H groups in total. The molecule has 0 aliphatic rings. The minimum atomic E-state index is -0.512. The molecule has 2 heterocycles. The van der Waals surface area contributed by atoms with E-state index in [1.807, 2.05) is 49.6 Å². The second-order valence-corrected chi connectivity index (χ2v) is 4.99. The number of carbonyl (C=O) groups is 1. The zero-order valence-electron chi connectivity index (χ0n) is 11.4. The van der Waals surface area contributed by atoms with Crippen LogP contribution in [0.2, 0.25) is 0 Å². The lowest BCUT2D eigenvalue weighted by Gasteiger charge is -2.18. The van der Waals surface area contributed by atoms with E-state index in [4.69, 9.17) is 5.73 Å². The molecule has 1 amide bonds. The number of nitrogens with one attached hydrogen (secondary N) is 1. The summed E-state index contributed by atoms with van der Waals surface area (Å²) in [5.74, 6) is 0.623. The quantitative estimate of drug-likeness (QED) is 0.856. The van der Waals surface area contributed by atoms with Crippen molar-refractivity contribution < 1.29 is 4.79 Å². The molecular formula is C13H19N5O. The average molecular weight is 261 g/mol. The van der Waals surface area contributed by atoms with Crippen LogP contribution >= 0.6 is 0 Å². The number of hydrogen-bond donors (Lipinski definition) is 2. The van der Waals surface area contributed by atoms with Crippen molar-refractivity contribution in [1.29, 1.82) is 0 Å². The van der Waals surface area contributed by atoms with Crippen LogP contribution in [0, 0.1) is 5.92 Å². The molecule has 0 radical (unpaired) electrons. The van der Waals surface area contributed by atoms with Crippen LogP contribution in [-0.2, 0) is 4.79 Å². The smallest absolute Gasteiger partial charge is 0.237 e. The number of carbonyl (C=O) groups excluding carboxylic acids is 1. The summed E-state index contributed by atoms with van der Waals surface area (Å²) >= 11 is 0. The van der Waals surface area contributed by atoms with Crippen molar-refractivity contribution in [2.45, 2.75) is 32.9 Å². The molecule has 6 nitrogen and oxygen atoms in total. The maximum absolute atomic E-state index is 11.9. The van der Waals surface area contributed by atoms with Gasteiger partial charge in [0.2, 0.25) is 5.91 Å². The molecule has 2 atom stereocenters. The molecule has 0 saturated carbocycles. The Bertz CT molecular complexity index is 577. The van der Waals surface area contributed by atoms with E-state index < -0.39 is 6.04 Å². The standard InChI is InChI=1S/C13H19N5O/c1-8(2)11(14)13(19)15-9(3)12-17-16-10-6-4-5-7-18(10)12/h4-9,11H,14H2,1-3H3,(H,15,19)/t9?,11-/m0/s1. The summed E-state index contributed by atoms with van der Waals surface area (Å²) in [4.78, 5) is 11.9. The first kappa shape index (κ1) is 13.5. The van der Waals surface area contributed by atoms with Crippen LogP contribution in [0.15, 0.2) is 24.4 Å². The van der Waals surface area contributed by atoms with Crippen molar-refractivity contribution in [2.24, 2.45) is 11.7 Å². The van der Waals surface area contributed by atoms with Gasteiger partial charge in [0.15, 0.2) is 11.5 Å². The van der Waals surface area contributed by atoms with E-state index in [-0.39, 0.29) is 17.9 Å². The average Bonchev–Trinajstić information content (AvgIpc) is 2.81. The fraction of sp³-hybridized carbons (Fsp3) is 0.462. The van der Waals surface area contributed by atoms with Gasteiger partial charge in [0.05, 0.1) is 12.1 Å². The molecule has 6 heteroatoms. The Balaban J connectivity index is 2.16. The van der Waals surface area contributed by atoms with Crippen LogP contribution in [0.4, 0.5) is 0 Å². The molecule has 1 unspecified atom stereocenters. The summed E-state index contributed by atoms with van der Waals surface area (Å²) in [5.41, 5.74) is 6.58. The van der Waals surface area contributed by atoms with Gasteiger partial charge < -0.3 is 11.1 Å². The molecule has 102 valence electrons. The second kappa shape index (κ2) is 5.36. The first-order valence-corrected chi connectivity index (χ1v) is 6.36. The molecule has 0 fully saturated rings. The van der Waals surface area contributed by atoms with Crippen molar-refractivity contribution in [3.05, 3.63) is 30.2 Å². The SMILES string of the molecule is CC(NC(=O)[C@@H](N)C(C)C)c1nnc2ccccn12. The lowest BCUT2D eigenvalue weighted by Crippen LogP contribution is -2.45. The number of aromatic nitrogens is 3. The maximum atomic E-state index is 11.9. The highest BCUT2D eigenvalue weighted by molar-refractivity contribution is 5.82. The summed E-state index contributed by atoms with van der Waals surface area (Å²) < 4.78 is 1.85.